The van der Waals surface area contributed by atoms with Crippen molar-refractivity contribution in [3.63, 3.8) is 0 Å². The Bertz CT molecular complexity index is 1190. The minimum atomic E-state index is -4.47. The van der Waals surface area contributed by atoms with Gasteiger partial charge >= 0.3 is 6.18 Å². The molecule has 186 valence electrons. The van der Waals surface area contributed by atoms with Gasteiger partial charge in [0.2, 0.25) is 0 Å². The maximum Gasteiger partial charge on any atom is 0.433 e. The molecule has 11 heteroatoms. The van der Waals surface area contributed by atoms with E-state index in [9.17, 15) is 13.2 Å². The monoisotopic (exact) mass is 505 g/mol. The number of nitrogens with zero attached hydrogens (tertiary/aromatic N) is 2. The van der Waals surface area contributed by atoms with Gasteiger partial charge in [-0.3, -0.25) is 4.98 Å². The van der Waals surface area contributed by atoms with Crippen molar-refractivity contribution in [2.24, 2.45) is 5.92 Å². The summed E-state index contributed by atoms with van der Waals surface area (Å²) >= 11 is 6.43. The number of halogens is 4. The third-order valence-corrected chi connectivity index (χ3v) is 5.84. The van der Waals surface area contributed by atoms with E-state index in [-0.39, 0.29) is 12.5 Å². The Labute approximate surface area is 206 Å². The van der Waals surface area contributed by atoms with Crippen LogP contribution < -0.4 is 16.4 Å². The molecule has 0 radical (unpaired) electrons. The van der Waals surface area contributed by atoms with E-state index in [2.05, 4.69) is 25.6 Å². The number of rotatable bonds is 10. The molecule has 6 N–H and O–H groups in total. The lowest BCUT2D eigenvalue weighted by Crippen LogP contribution is -2.20. The second-order valence-electron chi connectivity index (χ2n) is 8.09. The molecule has 3 rings (SSSR count). The number of nitrogens with one attached hydrogen (secondary N) is 4. The molecule has 0 bridgehead atoms. The van der Waals surface area contributed by atoms with E-state index in [1.165, 1.54) is 18.5 Å². The lowest BCUT2D eigenvalue weighted by atomic mass is 9.97. The zero-order valence-corrected chi connectivity index (χ0v) is 20.1. The van der Waals surface area contributed by atoms with Crippen molar-refractivity contribution in [1.29, 1.82) is 5.41 Å². The fraction of sp³-hybridized carbons (Fsp3) is 0.292. The topological polar surface area (TPSA) is 115 Å². The highest BCUT2D eigenvalue weighted by molar-refractivity contribution is 6.30. The fourth-order valence-corrected chi connectivity index (χ4v) is 3.72. The average Bonchev–Trinajstić information content (AvgIpc) is 3.16. The van der Waals surface area contributed by atoms with Crippen molar-refractivity contribution in [2.45, 2.75) is 26.1 Å². The van der Waals surface area contributed by atoms with Crippen molar-refractivity contribution in [3.05, 3.63) is 75.3 Å². The van der Waals surface area contributed by atoms with Gasteiger partial charge in [0.15, 0.2) is 0 Å². The van der Waals surface area contributed by atoms with Crippen molar-refractivity contribution in [3.8, 4) is 0 Å². The third-order valence-electron chi connectivity index (χ3n) is 5.52. The summed E-state index contributed by atoms with van der Waals surface area (Å²) in [5.41, 5.74) is 9.38. The lowest BCUT2D eigenvalue weighted by molar-refractivity contribution is -0.141. The second kappa shape index (κ2) is 11.4. The maximum atomic E-state index is 12.7. The number of nitrogen functional groups attached to an aromatic ring is 1. The molecule has 7 nitrogen and oxygen atoms in total. The number of hydrogen-bond donors (Lipinski definition) is 5. The predicted octanol–water partition coefficient (Wildman–Crippen LogP) is 5.15. The van der Waals surface area contributed by atoms with Gasteiger partial charge in [0.05, 0.1) is 0 Å². The molecular weight excluding hydrogens is 479 g/mol. The smallest absolute Gasteiger partial charge is 0.385 e. The van der Waals surface area contributed by atoms with E-state index in [1.807, 2.05) is 32.3 Å². The summed E-state index contributed by atoms with van der Waals surface area (Å²) in [6.07, 6.45) is 2.40. The number of aromatic nitrogens is 3. The first-order chi connectivity index (χ1) is 16.6. The van der Waals surface area contributed by atoms with Crippen LogP contribution in [-0.4, -0.2) is 34.8 Å². The molecular formula is C24H27ClF3N7. The Morgan fingerprint density at radius 3 is 2.63 bits per heavy atom. The van der Waals surface area contributed by atoms with E-state index >= 15 is 0 Å². The summed E-state index contributed by atoms with van der Waals surface area (Å²) in [7, 11) is 1.84. The van der Waals surface area contributed by atoms with Crippen molar-refractivity contribution >= 4 is 35.5 Å². The summed E-state index contributed by atoms with van der Waals surface area (Å²) in [4.78, 5) is 10.9. The Morgan fingerprint density at radius 2 is 2.03 bits per heavy atom. The van der Waals surface area contributed by atoms with Crippen LogP contribution in [0.1, 0.15) is 34.9 Å². The van der Waals surface area contributed by atoms with Crippen LogP contribution in [0.3, 0.4) is 0 Å². The van der Waals surface area contributed by atoms with Crippen LogP contribution >= 0.6 is 11.6 Å². The van der Waals surface area contributed by atoms with Gasteiger partial charge in [0.25, 0.3) is 0 Å². The van der Waals surface area contributed by atoms with Crippen molar-refractivity contribution < 1.29 is 13.2 Å². The zero-order chi connectivity index (χ0) is 25.6. The van der Waals surface area contributed by atoms with Crippen LogP contribution in [0.4, 0.5) is 24.8 Å². The van der Waals surface area contributed by atoms with Gasteiger partial charge in [-0.25, -0.2) is 4.98 Å². The number of aromatic amines is 1. The lowest BCUT2D eigenvalue weighted by Gasteiger charge is -2.13. The second-order valence-corrected chi connectivity index (χ2v) is 8.44. The van der Waals surface area contributed by atoms with E-state index in [0.29, 0.717) is 35.3 Å². The van der Waals surface area contributed by atoms with Gasteiger partial charge in [-0.05, 0) is 42.8 Å². The number of anilines is 2. The normalized spacial score (nSPS) is 13.0. The number of H-pyrrole nitrogens is 1. The Balaban J connectivity index is 1.70. The van der Waals surface area contributed by atoms with Crippen molar-refractivity contribution in [1.82, 2.24) is 20.3 Å². The van der Waals surface area contributed by atoms with Gasteiger partial charge in [0.1, 0.15) is 22.5 Å². The standard InChI is InChI=1S/C24H27ClF3N7/c1-14(18(9-29)12-31-2)7-19-17(13-34-23(19)30)8-16-4-6-21(35-22(16)25)33-11-15-3-5-20(32-10-15)24(26,27)28/h3-7,9-10,13,18,29,31,34H,8,11-12,30H2,1-2H3,(H,33,35)/b14-7+,29-9?. The van der Waals surface area contributed by atoms with E-state index in [0.717, 1.165) is 28.3 Å². The molecule has 3 aromatic rings. The molecule has 35 heavy (non-hydrogen) atoms. The van der Waals surface area contributed by atoms with Crippen LogP contribution in [0.25, 0.3) is 6.08 Å². The fourth-order valence-electron chi connectivity index (χ4n) is 3.50. The van der Waals surface area contributed by atoms with Crippen molar-refractivity contribution in [2.75, 3.05) is 24.6 Å². The van der Waals surface area contributed by atoms with Crippen LogP contribution in [0.2, 0.25) is 5.15 Å². The quantitative estimate of drug-likeness (QED) is 0.193. The Hall–Kier alpha value is -3.37. The van der Waals surface area contributed by atoms with Gasteiger partial charge in [-0.15, -0.1) is 0 Å². The molecule has 3 aromatic heterocycles. The van der Waals surface area contributed by atoms with E-state index in [1.54, 1.807) is 6.07 Å². The zero-order valence-electron chi connectivity index (χ0n) is 19.3. The molecule has 0 aliphatic heterocycles. The van der Waals surface area contributed by atoms with Crippen LogP contribution in [-0.2, 0) is 19.1 Å². The highest BCUT2D eigenvalue weighted by Gasteiger charge is 2.31. The Morgan fingerprint density at radius 1 is 1.26 bits per heavy atom. The molecule has 0 aliphatic carbocycles. The van der Waals surface area contributed by atoms with E-state index < -0.39 is 11.9 Å². The average molecular weight is 506 g/mol. The predicted molar refractivity (Wildman–Crippen MR) is 134 cm³/mol. The SMILES string of the molecule is CNCC(C=N)/C(C)=C/c1c(Cc2ccc(NCc3ccc(C(F)(F)F)nc3)nc2Cl)c[nH]c1N. The summed E-state index contributed by atoms with van der Waals surface area (Å²) in [5, 5.41) is 14.1. The highest BCUT2D eigenvalue weighted by atomic mass is 35.5. The molecule has 3 heterocycles. The number of nitrogens with two attached hydrogens (primary N) is 1. The molecule has 0 amide bonds. The largest absolute Gasteiger partial charge is 0.433 e. The molecule has 1 atom stereocenters. The van der Waals surface area contributed by atoms with Gasteiger partial charge in [-0.1, -0.05) is 35.4 Å². The summed E-state index contributed by atoms with van der Waals surface area (Å²) < 4.78 is 38.0. The molecule has 1 unspecified atom stereocenters. The van der Waals surface area contributed by atoms with Gasteiger partial charge in [0, 0.05) is 49.6 Å². The van der Waals surface area contributed by atoms with Gasteiger partial charge in [-0.2, -0.15) is 13.2 Å². The van der Waals surface area contributed by atoms with Gasteiger partial charge < -0.3 is 26.8 Å². The summed E-state index contributed by atoms with van der Waals surface area (Å²) in [6, 6.07) is 5.91. The first kappa shape index (κ1) is 26.2. The number of pyridine rings is 2. The number of alkyl halides is 3. The summed E-state index contributed by atoms with van der Waals surface area (Å²) in [6.45, 7) is 2.86. The number of hydrogen-bond acceptors (Lipinski definition) is 6. The molecule has 0 fully saturated rings. The molecule has 0 saturated carbocycles. The molecule has 0 saturated heterocycles. The minimum Gasteiger partial charge on any atom is -0.385 e. The molecule has 0 spiro atoms. The minimum absolute atomic E-state index is 0.0439. The first-order valence-corrected chi connectivity index (χ1v) is 11.2. The maximum absolute atomic E-state index is 12.7. The summed E-state index contributed by atoms with van der Waals surface area (Å²) in [5.74, 6) is 0.974. The first-order valence-electron chi connectivity index (χ1n) is 10.8. The Kier molecular flexibility index (Phi) is 8.52. The van der Waals surface area contributed by atoms with Crippen LogP contribution in [0.5, 0.6) is 0 Å². The van der Waals surface area contributed by atoms with Crippen LogP contribution in [0, 0.1) is 11.3 Å². The third kappa shape index (κ3) is 6.83. The van der Waals surface area contributed by atoms with Crippen LogP contribution in [0.15, 0.2) is 42.2 Å². The molecule has 0 aliphatic rings. The molecule has 0 aromatic carbocycles. The highest BCUT2D eigenvalue weighted by Crippen LogP contribution is 2.28. The van der Waals surface area contributed by atoms with E-state index in [4.69, 9.17) is 22.7 Å².